The van der Waals surface area contributed by atoms with Crippen LogP contribution in [0.3, 0.4) is 0 Å². The van der Waals surface area contributed by atoms with Gasteiger partial charge in [-0.15, -0.1) is 11.3 Å². The summed E-state index contributed by atoms with van der Waals surface area (Å²) in [5.41, 5.74) is 1.03. The number of hydrogen-bond donors (Lipinski definition) is 1. The van der Waals surface area contributed by atoms with Crippen LogP contribution in [0.1, 0.15) is 29.3 Å². The number of thiophene rings is 1. The number of nitrogens with one attached hydrogen (secondary N) is 1. The Bertz CT molecular complexity index is 656. The Morgan fingerprint density at radius 3 is 3.04 bits per heavy atom. The molecule has 3 heterocycles. The average Bonchev–Trinajstić information content (AvgIpc) is 3.23. The fourth-order valence-corrected chi connectivity index (χ4v) is 3.90. The van der Waals surface area contributed by atoms with Crippen molar-refractivity contribution in [1.29, 1.82) is 0 Å². The molecular weight excluding hydrogens is 308 g/mol. The van der Waals surface area contributed by atoms with E-state index >= 15 is 0 Å². The third kappa shape index (κ3) is 3.47. The van der Waals surface area contributed by atoms with Crippen molar-refractivity contribution in [3.05, 3.63) is 46.3 Å². The van der Waals surface area contributed by atoms with E-state index in [1.54, 1.807) is 17.5 Å². The zero-order chi connectivity index (χ0) is 16.2. The topological polar surface area (TPSA) is 48.5 Å². The maximum Gasteiger partial charge on any atom is 0.318 e. The minimum atomic E-state index is 0.00876. The molecule has 2 amide bonds. The maximum absolute atomic E-state index is 12.6. The first-order chi connectivity index (χ1) is 11.2. The van der Waals surface area contributed by atoms with Crippen LogP contribution in [0.15, 0.2) is 35.8 Å². The average molecular weight is 330 g/mol. The Hall–Kier alpha value is -2.08. The normalized spacial score (nSPS) is 17.3. The first-order valence-electron chi connectivity index (χ1n) is 7.86. The minimum Gasteiger partial charge on any atom is -0.362 e. The molecule has 0 saturated carbocycles. The summed E-state index contributed by atoms with van der Waals surface area (Å²) in [5.74, 6) is 0.893. The van der Waals surface area contributed by atoms with Crippen molar-refractivity contribution in [3.8, 4) is 0 Å². The van der Waals surface area contributed by atoms with Crippen molar-refractivity contribution < 1.29 is 4.79 Å². The molecule has 0 unspecified atom stereocenters. The second-order valence-corrected chi connectivity index (χ2v) is 6.89. The van der Waals surface area contributed by atoms with Gasteiger partial charge in [0.05, 0.1) is 6.04 Å². The fraction of sp³-hybridized carbons (Fsp3) is 0.412. The number of urea groups is 1. The SMILES string of the molecule is CN(C)c1ncccc1CNC(=O)N1CCC[C@H]1c1cccs1. The van der Waals surface area contributed by atoms with Crippen LogP contribution in [0, 0.1) is 0 Å². The van der Waals surface area contributed by atoms with E-state index in [2.05, 4.69) is 21.7 Å². The summed E-state index contributed by atoms with van der Waals surface area (Å²) in [6, 6.07) is 8.30. The molecule has 0 spiro atoms. The third-order valence-corrected chi connectivity index (χ3v) is 5.08. The van der Waals surface area contributed by atoms with E-state index in [9.17, 15) is 4.79 Å². The smallest absolute Gasteiger partial charge is 0.318 e. The maximum atomic E-state index is 12.6. The van der Waals surface area contributed by atoms with Crippen molar-refractivity contribution in [2.75, 3.05) is 25.5 Å². The summed E-state index contributed by atoms with van der Waals surface area (Å²) in [7, 11) is 3.92. The van der Waals surface area contributed by atoms with Gasteiger partial charge < -0.3 is 15.1 Å². The molecule has 2 aromatic heterocycles. The van der Waals surface area contributed by atoms with Gasteiger partial charge >= 0.3 is 6.03 Å². The molecule has 23 heavy (non-hydrogen) atoms. The number of amides is 2. The molecular formula is C17H22N4OS. The number of pyridine rings is 1. The van der Waals surface area contributed by atoms with Crippen LogP contribution in [0.4, 0.5) is 10.6 Å². The molecule has 122 valence electrons. The molecule has 3 rings (SSSR count). The summed E-state index contributed by atoms with van der Waals surface area (Å²) < 4.78 is 0. The molecule has 0 aliphatic carbocycles. The zero-order valence-corrected chi connectivity index (χ0v) is 14.3. The molecule has 1 aliphatic rings. The summed E-state index contributed by atoms with van der Waals surface area (Å²) in [6.07, 6.45) is 3.88. The van der Waals surface area contributed by atoms with Gasteiger partial charge in [0.25, 0.3) is 0 Å². The van der Waals surface area contributed by atoms with Crippen LogP contribution in [-0.4, -0.2) is 36.6 Å². The first kappa shape index (κ1) is 15.8. The predicted octanol–water partition coefficient (Wildman–Crippen LogP) is 3.26. The van der Waals surface area contributed by atoms with Gasteiger partial charge in [0.2, 0.25) is 0 Å². The first-order valence-corrected chi connectivity index (χ1v) is 8.74. The minimum absolute atomic E-state index is 0.00876. The van der Waals surface area contributed by atoms with Gasteiger partial charge in [0.15, 0.2) is 0 Å². The summed E-state index contributed by atoms with van der Waals surface area (Å²) in [5, 5.41) is 5.13. The van der Waals surface area contributed by atoms with E-state index in [0.717, 1.165) is 30.8 Å². The summed E-state index contributed by atoms with van der Waals surface area (Å²) in [4.78, 5) is 22.2. The van der Waals surface area contributed by atoms with Gasteiger partial charge in [0, 0.05) is 43.8 Å². The number of nitrogens with zero attached hydrogens (tertiary/aromatic N) is 3. The van der Waals surface area contributed by atoms with Gasteiger partial charge in [-0.25, -0.2) is 9.78 Å². The number of rotatable bonds is 4. The van der Waals surface area contributed by atoms with Crippen LogP contribution in [0.5, 0.6) is 0 Å². The van der Waals surface area contributed by atoms with Crippen molar-refractivity contribution in [3.63, 3.8) is 0 Å². The molecule has 5 nitrogen and oxygen atoms in total. The van der Waals surface area contributed by atoms with Crippen LogP contribution in [0.25, 0.3) is 0 Å². The standard InChI is InChI=1S/C17H22N4OS/c1-20(2)16-13(6-3-9-18-16)12-19-17(22)21-10-4-7-14(21)15-8-5-11-23-15/h3,5-6,8-9,11,14H,4,7,10,12H2,1-2H3,(H,19,22)/t14-/m0/s1. The Labute approximate surface area is 140 Å². The molecule has 1 fully saturated rings. The Balaban J connectivity index is 1.66. The van der Waals surface area contributed by atoms with Crippen LogP contribution >= 0.6 is 11.3 Å². The third-order valence-electron chi connectivity index (χ3n) is 4.11. The lowest BCUT2D eigenvalue weighted by Gasteiger charge is -2.24. The van der Waals surface area contributed by atoms with Crippen LogP contribution in [-0.2, 0) is 6.54 Å². The Morgan fingerprint density at radius 1 is 1.43 bits per heavy atom. The number of hydrogen-bond acceptors (Lipinski definition) is 4. The molecule has 1 N–H and O–H groups in total. The lowest BCUT2D eigenvalue weighted by Crippen LogP contribution is -2.39. The van der Waals surface area contributed by atoms with Gasteiger partial charge in [-0.05, 0) is 30.4 Å². The fourth-order valence-electron chi connectivity index (χ4n) is 3.03. The van der Waals surface area contributed by atoms with Crippen molar-refractivity contribution >= 4 is 23.2 Å². The highest BCUT2D eigenvalue weighted by Gasteiger charge is 2.30. The summed E-state index contributed by atoms with van der Waals surface area (Å²) >= 11 is 1.72. The highest BCUT2D eigenvalue weighted by atomic mass is 32.1. The quantitative estimate of drug-likeness (QED) is 0.936. The van der Waals surface area contributed by atoms with E-state index in [0.29, 0.717) is 6.54 Å². The molecule has 6 heteroatoms. The van der Waals surface area contributed by atoms with Crippen molar-refractivity contribution in [2.45, 2.75) is 25.4 Å². The monoisotopic (exact) mass is 330 g/mol. The van der Waals surface area contributed by atoms with E-state index in [4.69, 9.17) is 0 Å². The van der Waals surface area contributed by atoms with Crippen LogP contribution < -0.4 is 10.2 Å². The molecule has 1 saturated heterocycles. The van der Waals surface area contributed by atoms with Gasteiger partial charge in [0.1, 0.15) is 5.82 Å². The van der Waals surface area contributed by atoms with Crippen molar-refractivity contribution in [1.82, 2.24) is 15.2 Å². The molecule has 0 bridgehead atoms. The Kier molecular flexibility index (Phi) is 4.81. The second-order valence-electron chi connectivity index (χ2n) is 5.91. The lowest BCUT2D eigenvalue weighted by molar-refractivity contribution is 0.193. The highest BCUT2D eigenvalue weighted by Crippen LogP contribution is 2.34. The predicted molar refractivity (Wildman–Crippen MR) is 93.8 cm³/mol. The Morgan fingerprint density at radius 2 is 2.30 bits per heavy atom. The largest absolute Gasteiger partial charge is 0.362 e. The number of aromatic nitrogens is 1. The second kappa shape index (κ2) is 7.00. The molecule has 2 aromatic rings. The van der Waals surface area contributed by atoms with Gasteiger partial charge in [-0.3, -0.25) is 0 Å². The van der Waals surface area contributed by atoms with Crippen LogP contribution in [0.2, 0.25) is 0 Å². The molecule has 0 aromatic carbocycles. The van der Waals surface area contributed by atoms with E-state index in [-0.39, 0.29) is 12.1 Å². The van der Waals surface area contributed by atoms with E-state index in [1.165, 1.54) is 4.88 Å². The molecule has 1 aliphatic heterocycles. The number of carbonyl (C=O) groups excluding carboxylic acids is 1. The van der Waals surface area contributed by atoms with Gasteiger partial charge in [-0.2, -0.15) is 0 Å². The highest BCUT2D eigenvalue weighted by molar-refractivity contribution is 7.10. The van der Waals surface area contributed by atoms with E-state index < -0.39 is 0 Å². The number of carbonyl (C=O) groups is 1. The summed E-state index contributed by atoms with van der Waals surface area (Å²) in [6.45, 7) is 1.32. The van der Waals surface area contributed by atoms with Crippen molar-refractivity contribution in [2.24, 2.45) is 0 Å². The number of likely N-dealkylation sites (tertiary alicyclic amines) is 1. The lowest BCUT2D eigenvalue weighted by atomic mass is 10.2. The molecule has 0 radical (unpaired) electrons. The zero-order valence-electron chi connectivity index (χ0n) is 13.5. The molecule has 1 atom stereocenters. The van der Waals surface area contributed by atoms with Gasteiger partial charge in [-0.1, -0.05) is 12.1 Å². The van der Waals surface area contributed by atoms with E-state index in [1.807, 2.05) is 42.1 Å². The number of anilines is 1.